The van der Waals surface area contributed by atoms with Crippen molar-refractivity contribution in [3.05, 3.63) is 63.6 Å². The summed E-state index contributed by atoms with van der Waals surface area (Å²) in [5.41, 5.74) is 1.89. The summed E-state index contributed by atoms with van der Waals surface area (Å²) >= 11 is 12.2. The molecular weight excluding hydrogens is 497 g/mol. The van der Waals surface area contributed by atoms with E-state index in [-0.39, 0.29) is 18.5 Å². The van der Waals surface area contributed by atoms with Crippen molar-refractivity contribution in [2.24, 2.45) is 0 Å². The van der Waals surface area contributed by atoms with E-state index in [4.69, 9.17) is 23.2 Å². The van der Waals surface area contributed by atoms with Gasteiger partial charge >= 0.3 is 0 Å². The normalized spacial score (nSPS) is 13.1. The van der Waals surface area contributed by atoms with E-state index in [0.717, 1.165) is 22.5 Å². The molecule has 0 aliphatic heterocycles. The Hall–Kier alpha value is -2.29. The molecule has 2 amide bonds. The van der Waals surface area contributed by atoms with Crippen LogP contribution in [-0.2, 0) is 26.2 Å². The fourth-order valence-corrected chi connectivity index (χ4v) is 4.44. The molecule has 2 aromatic rings. The van der Waals surface area contributed by atoms with Gasteiger partial charge < -0.3 is 10.2 Å². The van der Waals surface area contributed by atoms with E-state index in [9.17, 15) is 18.0 Å². The minimum atomic E-state index is -3.77. The van der Waals surface area contributed by atoms with Crippen molar-refractivity contribution < 1.29 is 18.0 Å². The second-order valence-corrected chi connectivity index (χ2v) is 11.1. The number of nitrogens with one attached hydrogen (secondary N) is 1. The second-order valence-electron chi connectivity index (χ2n) is 8.37. The average molecular weight is 529 g/mol. The molecular formula is C24H31Cl2N3O4S. The van der Waals surface area contributed by atoms with Gasteiger partial charge in [0, 0.05) is 12.6 Å². The van der Waals surface area contributed by atoms with Crippen LogP contribution in [0.15, 0.2) is 42.5 Å². The topological polar surface area (TPSA) is 86.8 Å². The van der Waals surface area contributed by atoms with Crippen molar-refractivity contribution in [1.29, 1.82) is 0 Å². The number of nitrogens with zero attached hydrogens (tertiary/aromatic N) is 2. The van der Waals surface area contributed by atoms with E-state index in [1.807, 2.05) is 26.8 Å². The standard InChI is InChI=1S/C24H31Cl2N3O4S/c1-6-17(3)27-24(31)18(4)28(14-19-10-11-21(25)22(26)13-19)23(30)15-29(34(5,32)33)20-9-7-8-16(2)12-20/h7-13,17-18H,6,14-15H2,1-5H3,(H,27,31). The Morgan fingerprint density at radius 2 is 1.74 bits per heavy atom. The Morgan fingerprint density at radius 3 is 2.29 bits per heavy atom. The number of carbonyl (C=O) groups excluding carboxylic acids is 2. The lowest BCUT2D eigenvalue weighted by atomic mass is 10.1. The monoisotopic (exact) mass is 527 g/mol. The number of carbonyl (C=O) groups is 2. The first-order chi connectivity index (χ1) is 15.8. The van der Waals surface area contributed by atoms with Crippen LogP contribution < -0.4 is 9.62 Å². The maximum Gasteiger partial charge on any atom is 0.244 e. The number of rotatable bonds is 10. The Morgan fingerprint density at radius 1 is 1.06 bits per heavy atom. The molecule has 0 aromatic heterocycles. The van der Waals surface area contributed by atoms with Crippen LogP contribution in [0.5, 0.6) is 0 Å². The van der Waals surface area contributed by atoms with Gasteiger partial charge in [-0.3, -0.25) is 13.9 Å². The number of sulfonamides is 1. The van der Waals surface area contributed by atoms with Gasteiger partial charge in [0.05, 0.1) is 22.0 Å². The SMILES string of the molecule is CCC(C)NC(=O)C(C)N(Cc1ccc(Cl)c(Cl)c1)C(=O)CN(c1cccc(C)c1)S(C)(=O)=O. The minimum absolute atomic E-state index is 0.0518. The van der Waals surface area contributed by atoms with Crippen LogP contribution in [0.1, 0.15) is 38.3 Å². The smallest absolute Gasteiger partial charge is 0.244 e. The molecule has 0 spiro atoms. The van der Waals surface area contributed by atoms with Crippen LogP contribution >= 0.6 is 23.2 Å². The summed E-state index contributed by atoms with van der Waals surface area (Å²) in [6, 6.07) is 10.9. The highest BCUT2D eigenvalue weighted by molar-refractivity contribution is 7.92. The molecule has 0 saturated heterocycles. The first kappa shape index (κ1) is 28.0. The van der Waals surface area contributed by atoms with E-state index in [0.29, 0.717) is 21.3 Å². The lowest BCUT2D eigenvalue weighted by Crippen LogP contribution is -2.52. The van der Waals surface area contributed by atoms with Crippen molar-refractivity contribution in [2.45, 2.75) is 52.7 Å². The largest absolute Gasteiger partial charge is 0.352 e. The molecule has 186 valence electrons. The van der Waals surface area contributed by atoms with Crippen LogP contribution in [-0.4, -0.2) is 50.0 Å². The summed E-state index contributed by atoms with van der Waals surface area (Å²) in [5, 5.41) is 3.57. The molecule has 0 aliphatic carbocycles. The maximum absolute atomic E-state index is 13.5. The third-order valence-electron chi connectivity index (χ3n) is 5.47. The predicted molar refractivity (Wildman–Crippen MR) is 138 cm³/mol. The molecule has 0 aliphatic rings. The first-order valence-electron chi connectivity index (χ1n) is 10.9. The zero-order chi connectivity index (χ0) is 25.6. The molecule has 7 nitrogen and oxygen atoms in total. The van der Waals surface area contributed by atoms with Crippen molar-refractivity contribution in [1.82, 2.24) is 10.2 Å². The van der Waals surface area contributed by atoms with Gasteiger partial charge in [-0.25, -0.2) is 8.42 Å². The highest BCUT2D eigenvalue weighted by Gasteiger charge is 2.30. The number of benzene rings is 2. The van der Waals surface area contributed by atoms with Gasteiger partial charge in [0.2, 0.25) is 21.8 Å². The summed E-state index contributed by atoms with van der Waals surface area (Å²) in [6.07, 6.45) is 1.78. The maximum atomic E-state index is 13.5. The van der Waals surface area contributed by atoms with Crippen molar-refractivity contribution in [2.75, 3.05) is 17.1 Å². The van der Waals surface area contributed by atoms with Gasteiger partial charge in [0.25, 0.3) is 0 Å². The van der Waals surface area contributed by atoms with E-state index in [1.165, 1.54) is 4.90 Å². The van der Waals surface area contributed by atoms with E-state index in [1.54, 1.807) is 43.3 Å². The Balaban J connectivity index is 2.41. The Bertz CT molecular complexity index is 1140. The summed E-state index contributed by atoms with van der Waals surface area (Å²) in [7, 11) is -3.77. The van der Waals surface area contributed by atoms with Gasteiger partial charge in [0.15, 0.2) is 0 Å². The number of anilines is 1. The lowest BCUT2D eigenvalue weighted by Gasteiger charge is -2.32. The van der Waals surface area contributed by atoms with Crippen molar-refractivity contribution in [3.63, 3.8) is 0 Å². The van der Waals surface area contributed by atoms with Crippen molar-refractivity contribution >= 4 is 50.7 Å². The van der Waals surface area contributed by atoms with E-state index in [2.05, 4.69) is 5.32 Å². The molecule has 34 heavy (non-hydrogen) atoms. The van der Waals surface area contributed by atoms with Crippen LogP contribution in [0.3, 0.4) is 0 Å². The van der Waals surface area contributed by atoms with Crippen LogP contribution in [0.25, 0.3) is 0 Å². The highest BCUT2D eigenvalue weighted by Crippen LogP contribution is 2.24. The molecule has 10 heteroatoms. The zero-order valence-electron chi connectivity index (χ0n) is 20.0. The van der Waals surface area contributed by atoms with Crippen molar-refractivity contribution in [3.8, 4) is 0 Å². The summed E-state index contributed by atoms with van der Waals surface area (Å²) < 4.78 is 26.2. The summed E-state index contributed by atoms with van der Waals surface area (Å²) in [4.78, 5) is 27.7. The number of halogens is 2. The molecule has 2 rings (SSSR count). The quantitative estimate of drug-likeness (QED) is 0.495. The predicted octanol–water partition coefficient (Wildman–Crippen LogP) is 4.40. The molecule has 2 atom stereocenters. The van der Waals surface area contributed by atoms with Gasteiger partial charge in [-0.05, 0) is 62.6 Å². The molecule has 2 unspecified atom stereocenters. The van der Waals surface area contributed by atoms with Gasteiger partial charge in [-0.2, -0.15) is 0 Å². The van der Waals surface area contributed by atoms with Crippen LogP contribution in [0.4, 0.5) is 5.69 Å². The molecule has 2 aromatic carbocycles. The molecule has 0 heterocycles. The zero-order valence-corrected chi connectivity index (χ0v) is 22.3. The highest BCUT2D eigenvalue weighted by atomic mass is 35.5. The average Bonchev–Trinajstić information content (AvgIpc) is 2.76. The third-order valence-corrected chi connectivity index (χ3v) is 7.35. The summed E-state index contributed by atoms with van der Waals surface area (Å²) in [5.74, 6) is -0.853. The second kappa shape index (κ2) is 11.9. The van der Waals surface area contributed by atoms with Gasteiger partial charge in [-0.15, -0.1) is 0 Å². The molecule has 0 fully saturated rings. The van der Waals surface area contributed by atoms with Crippen LogP contribution in [0.2, 0.25) is 10.0 Å². The van der Waals surface area contributed by atoms with Gasteiger partial charge in [0.1, 0.15) is 12.6 Å². The fourth-order valence-electron chi connectivity index (χ4n) is 3.28. The molecule has 0 radical (unpaired) electrons. The van der Waals surface area contributed by atoms with Crippen LogP contribution in [0, 0.1) is 6.92 Å². The molecule has 1 N–H and O–H groups in total. The number of aryl methyl sites for hydroxylation is 1. The molecule has 0 bridgehead atoms. The summed E-state index contributed by atoms with van der Waals surface area (Å²) in [6.45, 7) is 6.87. The number of amides is 2. The lowest BCUT2D eigenvalue weighted by molar-refractivity contribution is -0.139. The number of hydrogen-bond donors (Lipinski definition) is 1. The first-order valence-corrected chi connectivity index (χ1v) is 13.5. The third kappa shape index (κ3) is 7.61. The fraction of sp³-hybridized carbons (Fsp3) is 0.417. The Labute approximate surface area is 212 Å². The Kier molecular flexibility index (Phi) is 9.79. The van der Waals surface area contributed by atoms with E-state index >= 15 is 0 Å². The van der Waals surface area contributed by atoms with Gasteiger partial charge in [-0.1, -0.05) is 48.3 Å². The molecule has 0 saturated carbocycles. The minimum Gasteiger partial charge on any atom is -0.352 e. The number of hydrogen-bond acceptors (Lipinski definition) is 4. The van der Waals surface area contributed by atoms with E-state index < -0.39 is 28.5 Å².